The molecule has 8 heteroatoms. The molecule has 3 atom stereocenters. The van der Waals surface area contributed by atoms with Crippen molar-refractivity contribution in [3.8, 4) is 0 Å². The lowest BCUT2D eigenvalue weighted by molar-refractivity contribution is 0.00711. The predicted octanol–water partition coefficient (Wildman–Crippen LogP) is 4.94. The number of hydrogen-bond donors (Lipinski definition) is 1. The van der Waals surface area contributed by atoms with Gasteiger partial charge in [-0.1, -0.05) is 20.8 Å². The number of hydrogen-bond acceptors (Lipinski definition) is 6. The first kappa shape index (κ1) is 24.4. The van der Waals surface area contributed by atoms with Gasteiger partial charge in [0.25, 0.3) is 0 Å². The molecule has 2 aliphatic heterocycles. The Kier molecular flexibility index (Phi) is 7.91. The summed E-state index contributed by atoms with van der Waals surface area (Å²) in [5.41, 5.74) is -0.556. The second-order valence-corrected chi connectivity index (χ2v) is 17.9. The zero-order valence-electron chi connectivity index (χ0n) is 18.8. The molecular weight excluding hydrogens is 410 g/mol. The van der Waals surface area contributed by atoms with E-state index in [4.69, 9.17) is 9.16 Å². The van der Waals surface area contributed by atoms with Gasteiger partial charge in [0.1, 0.15) is 5.60 Å². The summed E-state index contributed by atoms with van der Waals surface area (Å²) in [5.74, 6) is 2.13. The van der Waals surface area contributed by atoms with E-state index in [1.165, 1.54) is 6.42 Å². The van der Waals surface area contributed by atoms with E-state index in [2.05, 4.69) is 33.9 Å². The van der Waals surface area contributed by atoms with Crippen LogP contribution in [0, 0.1) is 0 Å². The van der Waals surface area contributed by atoms with Gasteiger partial charge < -0.3 is 14.3 Å². The molecule has 1 N–H and O–H groups in total. The number of aliphatic hydroxyl groups excluding tert-OH is 1. The van der Waals surface area contributed by atoms with Crippen LogP contribution in [0.3, 0.4) is 0 Å². The Bertz CT molecular complexity index is 541. The molecule has 2 aliphatic rings. The van der Waals surface area contributed by atoms with E-state index in [-0.39, 0.29) is 27.9 Å². The Labute approximate surface area is 180 Å². The van der Waals surface area contributed by atoms with Gasteiger partial charge in [-0.25, -0.2) is 4.79 Å². The predicted molar refractivity (Wildman–Crippen MR) is 123 cm³/mol. The average Bonchev–Trinajstić information content (AvgIpc) is 2.95. The summed E-state index contributed by atoms with van der Waals surface area (Å²) in [6, 6.07) is -0.257. The molecule has 164 valence electrons. The zero-order valence-corrected chi connectivity index (χ0v) is 21.4. The molecule has 0 unspecified atom stereocenters. The Morgan fingerprint density at radius 3 is 2.21 bits per heavy atom. The SMILES string of the molecule is CC(C)(C)OC(=O)N1C[C@H](O[Si](C)(C)C(C)(C)C)C[C@H]1[C@@H](O)C1SCCCS1. The van der Waals surface area contributed by atoms with Gasteiger partial charge in [0, 0.05) is 6.54 Å². The summed E-state index contributed by atoms with van der Waals surface area (Å²) in [6.45, 7) is 17.3. The first-order valence-electron chi connectivity index (χ1n) is 10.3. The van der Waals surface area contributed by atoms with Crippen LogP contribution < -0.4 is 0 Å². The van der Waals surface area contributed by atoms with Gasteiger partial charge in [-0.15, -0.1) is 23.5 Å². The normalized spacial score (nSPS) is 26.4. The number of nitrogens with zero attached hydrogens (tertiary/aromatic N) is 1. The molecule has 28 heavy (non-hydrogen) atoms. The third-order valence-corrected chi connectivity index (χ3v) is 13.3. The lowest BCUT2D eigenvalue weighted by Crippen LogP contribution is -2.48. The van der Waals surface area contributed by atoms with Crippen LogP contribution >= 0.6 is 23.5 Å². The number of amides is 1. The summed E-state index contributed by atoms with van der Waals surface area (Å²) in [5, 5.41) is 11.2. The number of carbonyl (C=O) groups excluding carboxylic acids is 1. The Balaban J connectivity index is 2.17. The highest BCUT2D eigenvalue weighted by molar-refractivity contribution is 8.17. The summed E-state index contributed by atoms with van der Waals surface area (Å²) in [7, 11) is -1.96. The van der Waals surface area contributed by atoms with Crippen LogP contribution in [-0.2, 0) is 9.16 Å². The van der Waals surface area contributed by atoms with Gasteiger partial charge in [-0.3, -0.25) is 4.90 Å². The summed E-state index contributed by atoms with van der Waals surface area (Å²) < 4.78 is 12.4. The number of likely N-dealkylation sites (tertiary alicyclic amines) is 1. The van der Waals surface area contributed by atoms with Crippen molar-refractivity contribution >= 4 is 37.9 Å². The Morgan fingerprint density at radius 2 is 1.71 bits per heavy atom. The number of rotatable bonds is 4. The fraction of sp³-hybridized carbons (Fsp3) is 0.950. The quantitative estimate of drug-likeness (QED) is 0.613. The number of carbonyl (C=O) groups is 1. The highest BCUT2D eigenvalue weighted by Gasteiger charge is 2.47. The van der Waals surface area contributed by atoms with E-state index >= 15 is 0 Å². The fourth-order valence-electron chi connectivity index (χ4n) is 3.24. The molecule has 2 rings (SSSR count). The first-order chi connectivity index (χ1) is 12.7. The second-order valence-electron chi connectivity index (χ2n) is 10.4. The van der Waals surface area contributed by atoms with Crippen LogP contribution in [0.25, 0.3) is 0 Å². The molecule has 0 saturated carbocycles. The van der Waals surface area contributed by atoms with E-state index in [9.17, 15) is 9.90 Å². The van der Waals surface area contributed by atoms with Gasteiger partial charge in [0.15, 0.2) is 8.32 Å². The number of aliphatic hydroxyl groups is 1. The standard InChI is InChI=1S/C20H39NO4S2Si/c1-19(2,3)24-18(23)21-13-14(25-28(7,8)20(4,5)6)12-15(21)16(22)17-26-10-9-11-27-17/h14-17,22H,9-13H2,1-8H3/t14-,15+,16-/m1/s1. The fourth-order valence-corrected chi connectivity index (χ4v) is 7.59. The van der Waals surface area contributed by atoms with E-state index < -0.39 is 20.0 Å². The van der Waals surface area contributed by atoms with Crippen LogP contribution in [0.2, 0.25) is 18.1 Å². The third-order valence-electron chi connectivity index (χ3n) is 5.73. The topological polar surface area (TPSA) is 59.0 Å². The summed E-state index contributed by atoms with van der Waals surface area (Å²) in [6.07, 6.45) is 0.881. The number of ether oxygens (including phenoxy) is 1. The minimum absolute atomic E-state index is 0.0494. The molecule has 2 fully saturated rings. The molecule has 0 bridgehead atoms. The molecule has 0 aromatic rings. The maximum atomic E-state index is 12.9. The van der Waals surface area contributed by atoms with Crippen LogP contribution in [0.1, 0.15) is 54.4 Å². The minimum atomic E-state index is -1.96. The lowest BCUT2D eigenvalue weighted by Gasteiger charge is -2.38. The zero-order chi connectivity index (χ0) is 21.3. The van der Waals surface area contributed by atoms with Crippen LogP contribution in [0.5, 0.6) is 0 Å². The highest BCUT2D eigenvalue weighted by atomic mass is 32.2. The van der Waals surface area contributed by atoms with Crippen LogP contribution in [0.4, 0.5) is 4.79 Å². The van der Waals surface area contributed by atoms with Gasteiger partial charge in [-0.05, 0) is 63.3 Å². The second kappa shape index (κ2) is 9.08. The minimum Gasteiger partial charge on any atom is -0.444 e. The molecular formula is C20H39NO4S2Si. The number of thioether (sulfide) groups is 2. The van der Waals surface area contributed by atoms with Crippen molar-refractivity contribution < 1.29 is 19.1 Å². The molecule has 0 aromatic heterocycles. The molecule has 0 aromatic carbocycles. The molecule has 0 radical (unpaired) electrons. The average molecular weight is 450 g/mol. The monoisotopic (exact) mass is 449 g/mol. The first-order valence-corrected chi connectivity index (χ1v) is 15.3. The van der Waals surface area contributed by atoms with Gasteiger partial charge in [0.2, 0.25) is 0 Å². The van der Waals surface area contributed by atoms with Crippen LogP contribution in [-0.4, -0.2) is 70.9 Å². The molecule has 5 nitrogen and oxygen atoms in total. The Morgan fingerprint density at radius 1 is 1.14 bits per heavy atom. The molecule has 1 amide bonds. The van der Waals surface area contributed by atoms with Gasteiger partial charge in [-0.2, -0.15) is 0 Å². The van der Waals surface area contributed by atoms with Crippen molar-refractivity contribution in [3.63, 3.8) is 0 Å². The lowest BCUT2D eigenvalue weighted by atomic mass is 10.1. The molecule has 0 aliphatic carbocycles. The van der Waals surface area contributed by atoms with Gasteiger partial charge >= 0.3 is 6.09 Å². The van der Waals surface area contributed by atoms with Gasteiger partial charge in [0.05, 0.1) is 22.8 Å². The van der Waals surface area contributed by atoms with E-state index in [0.29, 0.717) is 13.0 Å². The van der Waals surface area contributed by atoms with E-state index in [0.717, 1.165) is 11.5 Å². The molecule has 0 spiro atoms. The van der Waals surface area contributed by atoms with Crippen molar-refractivity contribution in [1.29, 1.82) is 0 Å². The summed E-state index contributed by atoms with van der Waals surface area (Å²) >= 11 is 3.61. The molecule has 2 heterocycles. The largest absolute Gasteiger partial charge is 0.444 e. The third kappa shape index (κ3) is 6.30. The van der Waals surface area contributed by atoms with Crippen LogP contribution in [0.15, 0.2) is 0 Å². The summed E-state index contributed by atoms with van der Waals surface area (Å²) in [4.78, 5) is 14.6. The molecule has 2 saturated heterocycles. The highest BCUT2D eigenvalue weighted by Crippen LogP contribution is 2.41. The Hall–Kier alpha value is 0.107. The van der Waals surface area contributed by atoms with E-state index in [1.54, 1.807) is 28.4 Å². The van der Waals surface area contributed by atoms with Crippen molar-refractivity contribution in [2.24, 2.45) is 0 Å². The maximum absolute atomic E-state index is 12.9. The van der Waals surface area contributed by atoms with Crippen molar-refractivity contribution in [2.75, 3.05) is 18.1 Å². The van der Waals surface area contributed by atoms with Crippen molar-refractivity contribution in [1.82, 2.24) is 4.90 Å². The van der Waals surface area contributed by atoms with E-state index in [1.807, 2.05) is 20.8 Å². The smallest absolute Gasteiger partial charge is 0.410 e. The van der Waals surface area contributed by atoms with Crippen molar-refractivity contribution in [3.05, 3.63) is 0 Å². The van der Waals surface area contributed by atoms with Crippen molar-refractivity contribution in [2.45, 2.75) is 101 Å². The maximum Gasteiger partial charge on any atom is 0.410 e.